The third kappa shape index (κ3) is 2.98. The Kier molecular flexibility index (Phi) is 3.54. The molecule has 0 heterocycles. The first-order chi connectivity index (χ1) is 7.63. The Morgan fingerprint density at radius 3 is 2.69 bits per heavy atom. The Hall–Kier alpha value is -0.550. The maximum absolute atomic E-state index is 9.46. The molecule has 0 aliphatic heterocycles. The van der Waals surface area contributed by atoms with E-state index in [0.717, 1.165) is 24.7 Å². The van der Waals surface area contributed by atoms with Crippen molar-refractivity contribution in [2.75, 3.05) is 0 Å². The summed E-state index contributed by atoms with van der Waals surface area (Å²) in [6, 6.07) is 3.23. The van der Waals surface area contributed by atoms with Crippen LogP contribution in [0.25, 0.3) is 0 Å². The first kappa shape index (κ1) is 11.9. The van der Waals surface area contributed by atoms with Gasteiger partial charge in [0, 0.05) is 6.04 Å². The molecule has 0 aromatic rings. The highest BCUT2D eigenvalue weighted by Gasteiger charge is 2.40. The average Bonchev–Trinajstić information content (AvgIpc) is 3.01. The summed E-state index contributed by atoms with van der Waals surface area (Å²) in [5.74, 6) is 1.53. The molecule has 0 aromatic carbocycles. The third-order valence-corrected chi connectivity index (χ3v) is 3.93. The van der Waals surface area contributed by atoms with Gasteiger partial charge in [0.2, 0.25) is 0 Å². The number of hydrogen-bond acceptors (Lipinski definition) is 2. The molecular weight excluding hydrogens is 196 g/mol. The summed E-state index contributed by atoms with van der Waals surface area (Å²) < 4.78 is 0. The van der Waals surface area contributed by atoms with Crippen LogP contribution in [0.5, 0.6) is 0 Å². The van der Waals surface area contributed by atoms with Crippen molar-refractivity contribution in [2.45, 2.75) is 70.4 Å². The van der Waals surface area contributed by atoms with Gasteiger partial charge in [-0.1, -0.05) is 26.7 Å². The Bertz CT molecular complexity index is 275. The molecule has 2 saturated carbocycles. The van der Waals surface area contributed by atoms with E-state index in [1.165, 1.54) is 32.1 Å². The standard InChI is InChI=1S/C14H24N2/c1-11(2)8-12-4-3-7-14(9-12,10-15)16-13-5-6-13/h11-13,16H,3-9H2,1-2H3. The lowest BCUT2D eigenvalue weighted by Gasteiger charge is -2.37. The molecule has 2 atom stereocenters. The molecule has 90 valence electrons. The Labute approximate surface area is 99.4 Å². The summed E-state index contributed by atoms with van der Waals surface area (Å²) in [4.78, 5) is 0. The second-order valence-electron chi connectivity index (χ2n) is 6.20. The molecule has 0 radical (unpaired) electrons. The number of nitrogens with one attached hydrogen (secondary N) is 1. The lowest BCUT2D eigenvalue weighted by molar-refractivity contribution is 0.205. The van der Waals surface area contributed by atoms with Crippen molar-refractivity contribution < 1.29 is 0 Å². The monoisotopic (exact) mass is 220 g/mol. The zero-order valence-corrected chi connectivity index (χ0v) is 10.6. The van der Waals surface area contributed by atoms with Gasteiger partial charge in [-0.2, -0.15) is 5.26 Å². The molecule has 1 N–H and O–H groups in total. The van der Waals surface area contributed by atoms with Crippen molar-refractivity contribution in [2.24, 2.45) is 11.8 Å². The summed E-state index contributed by atoms with van der Waals surface area (Å²) in [5.41, 5.74) is -0.182. The number of rotatable bonds is 4. The summed E-state index contributed by atoms with van der Waals surface area (Å²) >= 11 is 0. The van der Waals surface area contributed by atoms with Gasteiger partial charge in [-0.3, -0.25) is 5.32 Å². The van der Waals surface area contributed by atoms with E-state index in [2.05, 4.69) is 25.2 Å². The van der Waals surface area contributed by atoms with Gasteiger partial charge in [-0.25, -0.2) is 0 Å². The van der Waals surface area contributed by atoms with Crippen molar-refractivity contribution in [3.8, 4) is 6.07 Å². The first-order valence-electron chi connectivity index (χ1n) is 6.82. The normalized spacial score (nSPS) is 35.0. The molecule has 16 heavy (non-hydrogen) atoms. The molecule has 0 aromatic heterocycles. The van der Waals surface area contributed by atoms with Crippen LogP contribution in [0, 0.1) is 23.2 Å². The SMILES string of the molecule is CC(C)CC1CCCC(C#N)(NC2CC2)C1. The zero-order chi connectivity index (χ0) is 11.6. The number of nitriles is 1. The molecule has 2 fully saturated rings. The van der Waals surface area contributed by atoms with Gasteiger partial charge in [0.15, 0.2) is 0 Å². The quantitative estimate of drug-likeness (QED) is 0.789. The highest BCUT2D eigenvalue weighted by molar-refractivity contribution is 5.12. The van der Waals surface area contributed by atoms with Crippen LogP contribution >= 0.6 is 0 Å². The smallest absolute Gasteiger partial charge is 0.107 e. The minimum absolute atomic E-state index is 0.182. The van der Waals surface area contributed by atoms with Gasteiger partial charge in [0.05, 0.1) is 6.07 Å². The Morgan fingerprint density at radius 1 is 1.38 bits per heavy atom. The lowest BCUT2D eigenvalue weighted by Crippen LogP contribution is -2.48. The van der Waals surface area contributed by atoms with Crippen molar-refractivity contribution in [3.63, 3.8) is 0 Å². The maximum atomic E-state index is 9.46. The van der Waals surface area contributed by atoms with Gasteiger partial charge in [0.1, 0.15) is 5.54 Å². The van der Waals surface area contributed by atoms with E-state index in [-0.39, 0.29) is 5.54 Å². The van der Waals surface area contributed by atoms with E-state index in [9.17, 15) is 5.26 Å². The largest absolute Gasteiger partial charge is 0.297 e. The fourth-order valence-corrected chi connectivity index (χ4v) is 3.14. The van der Waals surface area contributed by atoms with Crippen molar-refractivity contribution >= 4 is 0 Å². The van der Waals surface area contributed by atoms with E-state index in [0.29, 0.717) is 6.04 Å². The van der Waals surface area contributed by atoms with Crippen LogP contribution < -0.4 is 5.32 Å². The lowest BCUT2D eigenvalue weighted by atomic mass is 9.73. The second-order valence-corrected chi connectivity index (χ2v) is 6.20. The van der Waals surface area contributed by atoms with Crippen molar-refractivity contribution in [3.05, 3.63) is 0 Å². The molecule has 2 aliphatic carbocycles. The topological polar surface area (TPSA) is 35.8 Å². The molecule has 2 rings (SSSR count). The summed E-state index contributed by atoms with van der Waals surface area (Å²) in [6.07, 6.45) is 8.54. The molecule has 2 aliphatic rings. The minimum atomic E-state index is -0.182. The minimum Gasteiger partial charge on any atom is -0.297 e. The average molecular weight is 220 g/mol. The van der Waals surface area contributed by atoms with E-state index in [1.807, 2.05) is 0 Å². The Balaban J connectivity index is 1.94. The van der Waals surface area contributed by atoms with Crippen LogP contribution in [0.4, 0.5) is 0 Å². The number of hydrogen-bond donors (Lipinski definition) is 1. The van der Waals surface area contributed by atoms with E-state index in [1.54, 1.807) is 0 Å². The van der Waals surface area contributed by atoms with Crippen LogP contribution in [0.2, 0.25) is 0 Å². The van der Waals surface area contributed by atoms with Crippen molar-refractivity contribution in [1.29, 1.82) is 5.26 Å². The van der Waals surface area contributed by atoms with Gasteiger partial charge >= 0.3 is 0 Å². The van der Waals surface area contributed by atoms with Gasteiger partial charge in [-0.05, 0) is 43.9 Å². The predicted molar refractivity (Wildman–Crippen MR) is 65.9 cm³/mol. The molecule has 0 spiro atoms. The summed E-state index contributed by atoms with van der Waals surface area (Å²) in [6.45, 7) is 4.58. The summed E-state index contributed by atoms with van der Waals surface area (Å²) in [5, 5.41) is 13.1. The van der Waals surface area contributed by atoms with Crippen LogP contribution in [0.3, 0.4) is 0 Å². The summed E-state index contributed by atoms with van der Waals surface area (Å²) in [7, 11) is 0. The van der Waals surface area contributed by atoms with Crippen LogP contribution in [-0.2, 0) is 0 Å². The second kappa shape index (κ2) is 4.75. The predicted octanol–water partition coefficient (Wildman–Crippen LogP) is 3.24. The van der Waals surface area contributed by atoms with Gasteiger partial charge in [0.25, 0.3) is 0 Å². The van der Waals surface area contributed by atoms with Crippen LogP contribution in [-0.4, -0.2) is 11.6 Å². The van der Waals surface area contributed by atoms with Crippen LogP contribution in [0.1, 0.15) is 58.8 Å². The molecule has 0 saturated heterocycles. The highest BCUT2D eigenvalue weighted by Crippen LogP contribution is 2.37. The zero-order valence-electron chi connectivity index (χ0n) is 10.6. The molecule has 2 unspecified atom stereocenters. The fourth-order valence-electron chi connectivity index (χ4n) is 3.14. The third-order valence-electron chi connectivity index (χ3n) is 3.93. The Morgan fingerprint density at radius 2 is 2.12 bits per heavy atom. The van der Waals surface area contributed by atoms with Crippen LogP contribution in [0.15, 0.2) is 0 Å². The molecule has 0 amide bonds. The van der Waals surface area contributed by atoms with Gasteiger partial charge in [-0.15, -0.1) is 0 Å². The maximum Gasteiger partial charge on any atom is 0.107 e. The number of nitrogens with zero attached hydrogens (tertiary/aromatic N) is 1. The molecule has 2 nitrogen and oxygen atoms in total. The van der Waals surface area contributed by atoms with Gasteiger partial charge < -0.3 is 0 Å². The van der Waals surface area contributed by atoms with Crippen molar-refractivity contribution in [1.82, 2.24) is 5.32 Å². The van der Waals surface area contributed by atoms with E-state index >= 15 is 0 Å². The highest BCUT2D eigenvalue weighted by atomic mass is 15.0. The molecule has 2 heteroatoms. The van der Waals surface area contributed by atoms with E-state index < -0.39 is 0 Å². The first-order valence-corrected chi connectivity index (χ1v) is 6.82. The molecule has 0 bridgehead atoms. The fraction of sp³-hybridized carbons (Fsp3) is 0.929. The molecular formula is C14H24N2. The van der Waals surface area contributed by atoms with E-state index in [4.69, 9.17) is 0 Å².